The molecular weight excluding hydrogens is 434 g/mol. The highest BCUT2D eigenvalue weighted by atomic mass is 32.2. The molecule has 0 radical (unpaired) electrons. The molecule has 0 spiro atoms. The maximum atomic E-state index is 12.9. The molecule has 1 heterocycles. The van der Waals surface area contributed by atoms with Crippen LogP contribution in [0.4, 0.5) is 5.69 Å². The fourth-order valence-corrected chi connectivity index (χ4v) is 4.80. The van der Waals surface area contributed by atoms with Gasteiger partial charge in [0.15, 0.2) is 0 Å². The van der Waals surface area contributed by atoms with E-state index in [1.54, 1.807) is 38.1 Å². The number of sulfonamides is 1. The molecule has 4 rings (SSSR count). The summed E-state index contributed by atoms with van der Waals surface area (Å²) in [5.74, 6) is 0. The van der Waals surface area contributed by atoms with E-state index in [9.17, 15) is 8.42 Å². The van der Waals surface area contributed by atoms with Gasteiger partial charge in [-0.3, -0.25) is 5.10 Å². The summed E-state index contributed by atoms with van der Waals surface area (Å²) >= 11 is 0. The first kappa shape index (κ1) is 22.4. The van der Waals surface area contributed by atoms with Crippen LogP contribution in [0, 0.1) is 0 Å². The number of hydrogen-bond acceptors (Lipinski definition) is 5. The lowest BCUT2D eigenvalue weighted by Crippen LogP contribution is -2.41. The van der Waals surface area contributed by atoms with E-state index in [0.29, 0.717) is 5.69 Å². The van der Waals surface area contributed by atoms with Crippen LogP contribution in [0.1, 0.15) is 25.1 Å². The zero-order chi connectivity index (χ0) is 23.5. The molecule has 33 heavy (non-hydrogen) atoms. The summed E-state index contributed by atoms with van der Waals surface area (Å²) in [5, 5.41) is 13.4. The summed E-state index contributed by atoms with van der Waals surface area (Å²) < 4.78 is 28.4. The first-order chi connectivity index (χ1) is 15.7. The minimum Gasteiger partial charge on any atom is -0.356 e. The Bertz CT molecular complexity index is 1330. The van der Waals surface area contributed by atoms with Crippen LogP contribution in [-0.4, -0.2) is 23.8 Å². The summed E-state index contributed by atoms with van der Waals surface area (Å²) in [4.78, 5) is 0.184. The van der Waals surface area contributed by atoms with Crippen molar-refractivity contribution in [1.82, 2.24) is 20.1 Å². The van der Waals surface area contributed by atoms with E-state index in [0.717, 1.165) is 28.1 Å². The van der Waals surface area contributed by atoms with Crippen molar-refractivity contribution in [1.29, 1.82) is 0 Å². The Morgan fingerprint density at radius 1 is 0.909 bits per heavy atom. The number of aromatic amines is 1. The Morgan fingerprint density at radius 2 is 1.52 bits per heavy atom. The lowest BCUT2D eigenvalue weighted by Gasteiger charge is -2.24. The van der Waals surface area contributed by atoms with Crippen LogP contribution in [0.25, 0.3) is 16.8 Å². The Balaban J connectivity index is 1.46. The fourth-order valence-electron chi connectivity index (χ4n) is 3.41. The van der Waals surface area contributed by atoms with Gasteiger partial charge in [0.1, 0.15) is 0 Å². The van der Waals surface area contributed by atoms with Gasteiger partial charge in [-0.25, -0.2) is 8.42 Å². The molecule has 4 aromatic rings. The number of H-pyrrole nitrogens is 1. The van der Waals surface area contributed by atoms with Crippen molar-refractivity contribution < 1.29 is 8.42 Å². The van der Waals surface area contributed by atoms with E-state index in [4.69, 9.17) is 0 Å². The molecule has 0 bridgehead atoms. The number of aromatic nitrogens is 3. The van der Waals surface area contributed by atoms with E-state index < -0.39 is 15.6 Å². The predicted molar refractivity (Wildman–Crippen MR) is 131 cm³/mol. The van der Waals surface area contributed by atoms with Crippen LogP contribution in [0.3, 0.4) is 0 Å². The molecule has 0 saturated heterocycles. The summed E-state index contributed by atoms with van der Waals surface area (Å²) in [5.41, 5.74) is 4.36. The van der Waals surface area contributed by atoms with Crippen molar-refractivity contribution in [3.63, 3.8) is 0 Å². The van der Waals surface area contributed by atoms with Gasteiger partial charge >= 0.3 is 0 Å². The number of nitrogens with zero attached hydrogens (tertiary/aromatic N) is 2. The fraction of sp³-hybridized carbons (Fsp3) is 0.120. The third-order valence-electron chi connectivity index (χ3n) is 5.28. The largest absolute Gasteiger partial charge is 0.356 e. The van der Waals surface area contributed by atoms with E-state index in [1.807, 2.05) is 54.6 Å². The molecule has 0 unspecified atom stereocenters. The minimum atomic E-state index is -3.73. The summed E-state index contributed by atoms with van der Waals surface area (Å²) in [7, 11) is -3.73. The Morgan fingerprint density at radius 3 is 2.09 bits per heavy atom. The van der Waals surface area contributed by atoms with Crippen molar-refractivity contribution >= 4 is 21.4 Å². The molecule has 0 fully saturated rings. The minimum absolute atomic E-state index is 0.184. The molecule has 7 nitrogen and oxygen atoms in total. The third-order valence-corrected chi connectivity index (χ3v) is 6.95. The summed E-state index contributed by atoms with van der Waals surface area (Å²) in [6.07, 6.45) is 1.50. The van der Waals surface area contributed by atoms with E-state index in [1.165, 1.54) is 6.20 Å². The monoisotopic (exact) mass is 459 g/mol. The molecule has 168 valence electrons. The Labute approximate surface area is 193 Å². The van der Waals surface area contributed by atoms with Crippen LogP contribution < -0.4 is 10.0 Å². The van der Waals surface area contributed by atoms with Crippen molar-refractivity contribution in [3.8, 4) is 11.1 Å². The highest BCUT2D eigenvalue weighted by Crippen LogP contribution is 2.26. The smallest absolute Gasteiger partial charge is 0.241 e. The van der Waals surface area contributed by atoms with Crippen molar-refractivity contribution in [2.24, 2.45) is 0 Å². The predicted octanol–water partition coefficient (Wildman–Crippen LogP) is 4.77. The second-order valence-corrected chi connectivity index (χ2v) is 9.85. The first-order valence-corrected chi connectivity index (χ1v) is 11.9. The molecule has 1 aromatic heterocycles. The standard InChI is InChI=1S/C25H25N5O2S/c1-18(19-7-5-4-6-8-19)27-22-13-9-20(10-14-22)21-11-15-23(16-12-21)33(31,32)29-25(2,3)24-17-26-30-28-24/h4-17,27,29H,1H2,2-3H3,(H,26,28,30). The number of hydrogen-bond donors (Lipinski definition) is 3. The number of rotatable bonds is 8. The number of benzene rings is 3. The second kappa shape index (κ2) is 9.01. The van der Waals surface area contributed by atoms with Gasteiger partial charge < -0.3 is 5.32 Å². The third kappa shape index (κ3) is 5.19. The molecule has 0 aliphatic heterocycles. The van der Waals surface area contributed by atoms with Crippen molar-refractivity contribution in [3.05, 3.63) is 103 Å². The molecular formula is C25H25N5O2S. The lowest BCUT2D eigenvalue weighted by atomic mass is 10.0. The number of nitrogens with one attached hydrogen (secondary N) is 3. The quantitative estimate of drug-likeness (QED) is 0.352. The van der Waals surface area contributed by atoms with Crippen LogP contribution in [0.2, 0.25) is 0 Å². The van der Waals surface area contributed by atoms with Gasteiger partial charge in [0.2, 0.25) is 10.0 Å². The molecule has 0 atom stereocenters. The van der Waals surface area contributed by atoms with Gasteiger partial charge in [-0.15, -0.1) is 5.10 Å². The van der Waals surface area contributed by atoms with Crippen LogP contribution in [0.15, 0.2) is 96.5 Å². The van der Waals surface area contributed by atoms with E-state index in [2.05, 4.69) is 32.0 Å². The zero-order valence-electron chi connectivity index (χ0n) is 18.4. The van der Waals surface area contributed by atoms with Gasteiger partial charge in [0.05, 0.1) is 22.3 Å². The lowest BCUT2D eigenvalue weighted by molar-refractivity contribution is 0.459. The van der Waals surface area contributed by atoms with Crippen LogP contribution >= 0.6 is 0 Å². The highest BCUT2D eigenvalue weighted by molar-refractivity contribution is 7.89. The average Bonchev–Trinajstić information content (AvgIpc) is 3.36. The van der Waals surface area contributed by atoms with Gasteiger partial charge in [0, 0.05) is 11.4 Å². The van der Waals surface area contributed by atoms with E-state index >= 15 is 0 Å². The molecule has 0 saturated carbocycles. The Hall–Kier alpha value is -3.75. The molecule has 0 amide bonds. The molecule has 8 heteroatoms. The number of anilines is 1. The summed E-state index contributed by atoms with van der Waals surface area (Å²) in [6.45, 7) is 7.58. The molecule has 3 aromatic carbocycles. The SMILES string of the molecule is C=C(Nc1ccc(-c2ccc(S(=O)(=O)NC(C)(C)c3cnn[nH]3)cc2)cc1)c1ccccc1. The normalized spacial score (nSPS) is 11.8. The molecule has 0 aliphatic carbocycles. The zero-order valence-corrected chi connectivity index (χ0v) is 19.2. The van der Waals surface area contributed by atoms with Crippen LogP contribution in [-0.2, 0) is 15.6 Å². The molecule has 0 aliphatic rings. The van der Waals surface area contributed by atoms with Gasteiger partial charge in [-0.05, 0) is 54.8 Å². The van der Waals surface area contributed by atoms with E-state index in [-0.39, 0.29) is 4.90 Å². The maximum absolute atomic E-state index is 12.9. The Kier molecular flexibility index (Phi) is 6.13. The second-order valence-electron chi connectivity index (χ2n) is 8.17. The summed E-state index contributed by atoms with van der Waals surface area (Å²) in [6, 6.07) is 24.6. The van der Waals surface area contributed by atoms with Crippen molar-refractivity contribution in [2.75, 3.05) is 5.32 Å². The van der Waals surface area contributed by atoms with Gasteiger partial charge in [-0.1, -0.05) is 66.4 Å². The molecule has 3 N–H and O–H groups in total. The maximum Gasteiger partial charge on any atom is 0.241 e. The average molecular weight is 460 g/mol. The van der Waals surface area contributed by atoms with Gasteiger partial charge in [0.25, 0.3) is 0 Å². The van der Waals surface area contributed by atoms with Crippen LogP contribution in [0.5, 0.6) is 0 Å². The van der Waals surface area contributed by atoms with Gasteiger partial charge in [-0.2, -0.15) is 4.72 Å². The highest BCUT2D eigenvalue weighted by Gasteiger charge is 2.29. The first-order valence-electron chi connectivity index (χ1n) is 10.4. The van der Waals surface area contributed by atoms with Crippen molar-refractivity contribution in [2.45, 2.75) is 24.3 Å². The topological polar surface area (TPSA) is 99.8 Å².